The van der Waals surface area contributed by atoms with Crippen molar-refractivity contribution in [1.29, 1.82) is 0 Å². The van der Waals surface area contributed by atoms with Crippen LogP contribution < -0.4 is 0 Å². The van der Waals surface area contributed by atoms with Gasteiger partial charge in [-0.3, -0.25) is 4.55 Å². The molecule has 0 aromatic heterocycles. The van der Waals surface area contributed by atoms with Crippen LogP contribution in [-0.4, -0.2) is 36.4 Å². The summed E-state index contributed by atoms with van der Waals surface area (Å²) in [5.74, 6) is -5.19. The van der Waals surface area contributed by atoms with Crippen LogP contribution in [0.3, 0.4) is 0 Å². The summed E-state index contributed by atoms with van der Waals surface area (Å²) in [4.78, 5) is 0. The van der Waals surface area contributed by atoms with Crippen LogP contribution >= 0.6 is 0 Å². The second-order valence-electron chi connectivity index (χ2n) is 2.06. The number of aliphatic hydroxyl groups is 1. The first-order valence-corrected chi connectivity index (χ1v) is 4.32. The van der Waals surface area contributed by atoms with Crippen LogP contribution in [0.4, 0.5) is 8.78 Å². The highest BCUT2D eigenvalue weighted by Gasteiger charge is 2.33. The van der Waals surface area contributed by atoms with E-state index in [0.29, 0.717) is 0 Å². The van der Waals surface area contributed by atoms with Gasteiger partial charge < -0.3 is 5.11 Å². The minimum atomic E-state index is -4.67. The number of alkyl halides is 2. The summed E-state index contributed by atoms with van der Waals surface area (Å²) in [6.07, 6.45) is -0.965. The molecule has 0 saturated heterocycles. The molecule has 0 fully saturated rings. The van der Waals surface area contributed by atoms with E-state index in [-0.39, 0.29) is 0 Å². The lowest BCUT2D eigenvalue weighted by Gasteiger charge is -2.11. The Balaban J connectivity index is 4.13. The predicted molar refractivity (Wildman–Crippen MR) is 33.1 cm³/mol. The summed E-state index contributed by atoms with van der Waals surface area (Å²) < 4.78 is 52.3. The number of hydrogen-bond acceptors (Lipinski definition) is 3. The highest BCUT2D eigenvalue weighted by Crippen LogP contribution is 2.19. The first kappa shape index (κ1) is 10.7. The average Bonchev–Trinajstić information content (AvgIpc) is 1.55. The molecular weight excluding hydrogens is 182 g/mol. The van der Waals surface area contributed by atoms with Crippen molar-refractivity contribution in [3.05, 3.63) is 0 Å². The maximum Gasteiger partial charge on any atom is 0.270 e. The lowest BCUT2D eigenvalue weighted by Crippen LogP contribution is -2.28. The van der Waals surface area contributed by atoms with Gasteiger partial charge >= 0.3 is 0 Å². The van der Waals surface area contributed by atoms with Crippen LogP contribution in [0.15, 0.2) is 0 Å². The molecule has 0 aromatic rings. The van der Waals surface area contributed by atoms with Gasteiger partial charge in [0.05, 0.1) is 0 Å². The quantitative estimate of drug-likeness (QED) is 0.606. The lowest BCUT2D eigenvalue weighted by molar-refractivity contribution is 0.000154. The van der Waals surface area contributed by atoms with Gasteiger partial charge in [-0.1, -0.05) is 0 Å². The van der Waals surface area contributed by atoms with E-state index in [9.17, 15) is 17.2 Å². The van der Waals surface area contributed by atoms with Crippen molar-refractivity contribution in [3.8, 4) is 0 Å². The Kier molecular flexibility index (Phi) is 3.33. The number of hydrogen-bond donors (Lipinski definition) is 2. The van der Waals surface area contributed by atoms with Crippen molar-refractivity contribution in [3.63, 3.8) is 0 Å². The Morgan fingerprint density at radius 3 is 2.09 bits per heavy atom. The van der Waals surface area contributed by atoms with E-state index in [1.165, 1.54) is 0 Å². The van der Waals surface area contributed by atoms with Gasteiger partial charge in [0.2, 0.25) is 0 Å². The fourth-order valence-corrected chi connectivity index (χ4v) is 1.18. The molecule has 0 aromatic carbocycles. The molecule has 7 heteroatoms. The zero-order valence-electron chi connectivity index (χ0n) is 5.50. The molecule has 0 rings (SSSR count). The van der Waals surface area contributed by atoms with Crippen LogP contribution in [0.2, 0.25) is 0 Å². The fourth-order valence-electron chi connectivity index (χ4n) is 0.503. The number of rotatable bonds is 4. The van der Waals surface area contributed by atoms with Crippen molar-refractivity contribution in [2.45, 2.75) is 12.3 Å². The van der Waals surface area contributed by atoms with Crippen LogP contribution in [-0.2, 0) is 10.1 Å². The second-order valence-corrected chi connectivity index (χ2v) is 3.51. The normalized spacial score (nSPS) is 13.5. The monoisotopic (exact) mass is 190 g/mol. The van der Waals surface area contributed by atoms with Gasteiger partial charge in [-0.2, -0.15) is 8.42 Å². The van der Waals surface area contributed by atoms with Gasteiger partial charge in [-0.25, -0.2) is 8.78 Å². The summed E-state index contributed by atoms with van der Waals surface area (Å²) in [5, 5.41) is 8.04. The van der Waals surface area contributed by atoms with Gasteiger partial charge in [0.15, 0.2) is 0 Å². The van der Waals surface area contributed by atoms with Crippen molar-refractivity contribution in [2.75, 3.05) is 12.4 Å². The Hall–Kier alpha value is -0.270. The molecule has 0 aliphatic heterocycles. The predicted octanol–water partition coefficient (Wildman–Crippen LogP) is -0.108. The third-order valence-corrected chi connectivity index (χ3v) is 1.66. The topological polar surface area (TPSA) is 74.6 Å². The van der Waals surface area contributed by atoms with Gasteiger partial charge in [-0.05, 0) is 0 Å². The molecular formula is C4H8F2O4S. The van der Waals surface area contributed by atoms with E-state index in [1.807, 2.05) is 0 Å². The van der Waals surface area contributed by atoms with Gasteiger partial charge in [-0.15, -0.1) is 0 Å². The molecule has 0 aliphatic rings. The van der Waals surface area contributed by atoms with Crippen LogP contribution in [0.1, 0.15) is 6.42 Å². The van der Waals surface area contributed by atoms with Gasteiger partial charge in [0.25, 0.3) is 16.0 Å². The first-order valence-electron chi connectivity index (χ1n) is 2.71. The summed E-state index contributed by atoms with van der Waals surface area (Å²) in [6, 6.07) is 0. The Labute approximate surface area is 62.6 Å². The van der Waals surface area contributed by atoms with Crippen LogP contribution in [0.5, 0.6) is 0 Å². The number of aliphatic hydroxyl groups excluding tert-OH is 1. The average molecular weight is 190 g/mol. The van der Waals surface area contributed by atoms with E-state index in [0.717, 1.165) is 0 Å². The van der Waals surface area contributed by atoms with E-state index in [4.69, 9.17) is 9.66 Å². The lowest BCUT2D eigenvalue weighted by atomic mass is 10.3. The molecule has 0 atom stereocenters. The molecule has 0 spiro atoms. The molecule has 11 heavy (non-hydrogen) atoms. The zero-order chi connectivity index (χ0) is 9.12. The molecule has 4 nitrogen and oxygen atoms in total. The molecule has 0 bridgehead atoms. The highest BCUT2D eigenvalue weighted by molar-refractivity contribution is 7.85. The van der Waals surface area contributed by atoms with E-state index in [1.54, 1.807) is 0 Å². The molecule has 0 aliphatic carbocycles. The van der Waals surface area contributed by atoms with E-state index in [2.05, 4.69) is 0 Å². The summed E-state index contributed by atoms with van der Waals surface area (Å²) in [7, 11) is -4.67. The van der Waals surface area contributed by atoms with Crippen molar-refractivity contribution in [2.24, 2.45) is 0 Å². The molecule has 68 valence electrons. The fraction of sp³-hybridized carbons (Fsp3) is 1.00. The molecule has 0 saturated carbocycles. The zero-order valence-corrected chi connectivity index (χ0v) is 6.31. The second kappa shape index (κ2) is 3.42. The Morgan fingerprint density at radius 2 is 1.82 bits per heavy atom. The maximum atomic E-state index is 12.2. The minimum absolute atomic E-state index is 0.817. The summed E-state index contributed by atoms with van der Waals surface area (Å²) in [6.45, 7) is -0.817. The van der Waals surface area contributed by atoms with Crippen molar-refractivity contribution < 1.29 is 26.9 Å². The standard InChI is InChI=1S/C4H8F2O4S/c5-4(6,1-2-7)3-11(8,9)10/h7H,1-3H2,(H,8,9,10). The highest BCUT2D eigenvalue weighted by atomic mass is 32.2. The van der Waals surface area contributed by atoms with Crippen LogP contribution in [0.25, 0.3) is 0 Å². The Morgan fingerprint density at radius 1 is 1.36 bits per heavy atom. The van der Waals surface area contributed by atoms with E-state index >= 15 is 0 Å². The molecule has 0 heterocycles. The molecule has 0 amide bonds. The maximum absolute atomic E-state index is 12.2. The SMILES string of the molecule is O=S(=O)(O)CC(F)(F)CCO. The van der Waals surface area contributed by atoms with Gasteiger partial charge in [0.1, 0.15) is 5.75 Å². The minimum Gasteiger partial charge on any atom is -0.396 e. The Bertz CT molecular complexity index is 210. The molecule has 0 unspecified atom stereocenters. The number of halogens is 2. The third kappa shape index (κ3) is 6.14. The summed E-state index contributed by atoms with van der Waals surface area (Å²) in [5.41, 5.74) is 0. The smallest absolute Gasteiger partial charge is 0.270 e. The van der Waals surface area contributed by atoms with Crippen molar-refractivity contribution >= 4 is 10.1 Å². The molecule has 0 radical (unpaired) electrons. The summed E-state index contributed by atoms with van der Waals surface area (Å²) >= 11 is 0. The molecule has 2 N–H and O–H groups in total. The first-order chi connectivity index (χ1) is 4.77. The largest absolute Gasteiger partial charge is 0.396 e. The van der Waals surface area contributed by atoms with E-state index < -0.39 is 34.8 Å². The van der Waals surface area contributed by atoms with Gasteiger partial charge in [0, 0.05) is 13.0 Å². The third-order valence-electron chi connectivity index (χ3n) is 0.871. The van der Waals surface area contributed by atoms with Crippen molar-refractivity contribution in [1.82, 2.24) is 0 Å². The van der Waals surface area contributed by atoms with Crippen LogP contribution in [0, 0.1) is 0 Å².